The van der Waals surface area contributed by atoms with Gasteiger partial charge in [0.1, 0.15) is 17.0 Å². The number of imidazole rings is 1. The van der Waals surface area contributed by atoms with Crippen LogP contribution in [0.1, 0.15) is 30.9 Å². The molecule has 0 radical (unpaired) electrons. The molecule has 1 N–H and O–H groups in total. The van der Waals surface area contributed by atoms with Crippen LogP contribution in [0.2, 0.25) is 5.02 Å². The highest BCUT2D eigenvalue weighted by Gasteiger charge is 2.32. The van der Waals surface area contributed by atoms with Crippen molar-refractivity contribution in [2.45, 2.75) is 42.8 Å². The Hall–Kier alpha value is -3.28. The Labute approximate surface area is 223 Å². The van der Waals surface area contributed by atoms with E-state index < -0.39 is 9.84 Å². The maximum Gasteiger partial charge on any atom is 0.327 e. The zero-order valence-electron chi connectivity index (χ0n) is 20.2. The molecule has 0 spiro atoms. The fourth-order valence-corrected chi connectivity index (χ4v) is 5.94. The Morgan fingerprint density at radius 1 is 1.14 bits per heavy atom. The number of hydrogen-bond acceptors (Lipinski definition) is 7. The van der Waals surface area contributed by atoms with Gasteiger partial charge in [-0.2, -0.15) is 0 Å². The number of nitrogens with one attached hydrogen (secondary N) is 1. The Morgan fingerprint density at radius 3 is 2.59 bits per heavy atom. The summed E-state index contributed by atoms with van der Waals surface area (Å²) in [5.74, 6) is 1.70. The van der Waals surface area contributed by atoms with Crippen LogP contribution in [0.3, 0.4) is 0 Å². The molecule has 12 heteroatoms. The van der Waals surface area contributed by atoms with Gasteiger partial charge in [-0.15, -0.1) is 0 Å². The second-order valence-electron chi connectivity index (χ2n) is 8.37. The van der Waals surface area contributed by atoms with Crippen LogP contribution in [0.4, 0.5) is 10.6 Å². The predicted octanol–water partition coefficient (Wildman–Crippen LogP) is 5.48. The number of aromatic nitrogens is 3. The van der Waals surface area contributed by atoms with E-state index in [1.165, 1.54) is 23.9 Å². The smallest absolute Gasteiger partial charge is 0.327 e. The van der Waals surface area contributed by atoms with E-state index in [1.54, 1.807) is 30.0 Å². The summed E-state index contributed by atoms with van der Waals surface area (Å²) in [5.41, 5.74) is 3.14. The van der Waals surface area contributed by atoms with Crippen molar-refractivity contribution in [2.24, 2.45) is 0 Å². The first kappa shape index (κ1) is 25.4. The first-order valence-corrected chi connectivity index (χ1v) is 14.6. The number of sulfone groups is 1. The van der Waals surface area contributed by atoms with E-state index in [1.807, 2.05) is 23.6 Å². The number of rotatable bonds is 8. The second-order valence-corrected chi connectivity index (χ2v) is 12.0. The third-order valence-corrected chi connectivity index (χ3v) is 8.85. The van der Waals surface area contributed by atoms with Crippen molar-refractivity contribution in [1.29, 1.82) is 0 Å². The minimum absolute atomic E-state index is 0.0139. The molecule has 4 aromatic rings. The van der Waals surface area contributed by atoms with Crippen molar-refractivity contribution in [1.82, 2.24) is 19.9 Å². The lowest BCUT2D eigenvalue weighted by molar-refractivity contribution is 0.249. The first-order chi connectivity index (χ1) is 17.7. The summed E-state index contributed by atoms with van der Waals surface area (Å²) in [6.45, 7) is 8.59. The van der Waals surface area contributed by atoms with Gasteiger partial charge >= 0.3 is 6.03 Å². The summed E-state index contributed by atoms with van der Waals surface area (Å²) < 4.78 is 32.3. The quantitative estimate of drug-likeness (QED) is 0.285. The maximum absolute atomic E-state index is 12.9. The molecule has 2 amide bonds. The highest BCUT2D eigenvalue weighted by Crippen LogP contribution is 2.34. The molecular formula is C25H24ClN5O4S2. The molecule has 9 nitrogen and oxygen atoms in total. The first-order valence-electron chi connectivity index (χ1n) is 11.6. The van der Waals surface area contributed by atoms with Crippen molar-refractivity contribution >= 4 is 61.8 Å². The van der Waals surface area contributed by atoms with Crippen molar-refractivity contribution in [3.8, 4) is 0 Å². The summed E-state index contributed by atoms with van der Waals surface area (Å²) in [7, 11) is -3.34. The fraction of sp³-hybridized carbons (Fsp3) is 0.240. The average molecular weight is 558 g/mol. The minimum Gasteiger partial charge on any atom is -0.431 e. The number of anilines is 1. The molecule has 2 aromatic heterocycles. The Balaban J connectivity index is 1.43. The van der Waals surface area contributed by atoms with Crippen LogP contribution < -0.4 is 10.2 Å². The zero-order chi connectivity index (χ0) is 26.3. The highest BCUT2D eigenvalue weighted by molar-refractivity contribution is 7.98. The van der Waals surface area contributed by atoms with Crippen LogP contribution in [0, 0.1) is 0 Å². The molecule has 0 saturated carbocycles. The molecule has 2 aromatic carbocycles. The van der Waals surface area contributed by atoms with E-state index >= 15 is 0 Å². The molecule has 0 saturated heterocycles. The molecule has 0 atom stereocenters. The van der Waals surface area contributed by atoms with E-state index in [0.29, 0.717) is 51.7 Å². The lowest BCUT2D eigenvalue weighted by atomic mass is 10.2. The van der Waals surface area contributed by atoms with E-state index in [4.69, 9.17) is 21.0 Å². The number of amides is 2. The van der Waals surface area contributed by atoms with Crippen LogP contribution in [0.15, 0.2) is 63.6 Å². The number of hydrogen-bond donors (Lipinski definition) is 1. The number of carbonyl (C=O) groups excluding carboxylic acids is 1. The van der Waals surface area contributed by atoms with Crippen LogP contribution in [-0.2, 0) is 28.7 Å². The van der Waals surface area contributed by atoms with Gasteiger partial charge in [0.2, 0.25) is 0 Å². The minimum atomic E-state index is -3.34. The third-order valence-electron chi connectivity index (χ3n) is 6.05. The van der Waals surface area contributed by atoms with Crippen molar-refractivity contribution < 1.29 is 17.6 Å². The zero-order valence-corrected chi connectivity index (χ0v) is 22.6. The maximum atomic E-state index is 12.9. The normalized spacial score (nSPS) is 13.8. The van der Waals surface area contributed by atoms with Crippen LogP contribution >= 0.6 is 23.4 Å². The molecule has 0 aliphatic carbocycles. The Morgan fingerprint density at radius 2 is 1.89 bits per heavy atom. The number of benzene rings is 2. The molecule has 5 rings (SSSR count). The lowest BCUT2D eigenvalue weighted by Gasteiger charge is -2.28. The summed E-state index contributed by atoms with van der Waals surface area (Å²) in [6.07, 6.45) is 0. The molecule has 3 heterocycles. The van der Waals surface area contributed by atoms with Crippen molar-refractivity contribution in [3.05, 3.63) is 71.1 Å². The van der Waals surface area contributed by atoms with Gasteiger partial charge in [-0.25, -0.2) is 23.2 Å². The molecular weight excluding hydrogens is 534 g/mol. The number of thioether (sulfide) groups is 1. The summed E-state index contributed by atoms with van der Waals surface area (Å²) in [5, 5.41) is 3.86. The Kier molecular flexibility index (Phi) is 6.78. The van der Waals surface area contributed by atoms with E-state index in [2.05, 4.69) is 16.9 Å². The van der Waals surface area contributed by atoms with Crippen molar-refractivity contribution in [2.75, 3.05) is 10.7 Å². The highest BCUT2D eigenvalue weighted by atomic mass is 35.5. The van der Waals surface area contributed by atoms with Crippen molar-refractivity contribution in [3.63, 3.8) is 0 Å². The van der Waals surface area contributed by atoms with E-state index in [0.717, 1.165) is 17.1 Å². The van der Waals surface area contributed by atoms with E-state index in [9.17, 15) is 13.2 Å². The number of halogens is 1. The number of nitrogens with zero attached hydrogens (tertiary/aromatic N) is 4. The molecule has 1 aliphatic heterocycles. The largest absolute Gasteiger partial charge is 0.431 e. The molecule has 37 heavy (non-hydrogen) atoms. The topological polar surface area (TPSA) is 110 Å². The van der Waals surface area contributed by atoms with Gasteiger partial charge in [0.25, 0.3) is 5.22 Å². The van der Waals surface area contributed by atoms with Gasteiger partial charge < -0.3 is 14.3 Å². The summed E-state index contributed by atoms with van der Waals surface area (Å²) in [4.78, 5) is 23.9. The summed E-state index contributed by atoms with van der Waals surface area (Å²) in [6, 6.07) is 11.7. The molecule has 192 valence electrons. The number of oxazole rings is 1. The van der Waals surface area contributed by atoms with Gasteiger partial charge in [-0.05, 0) is 42.8 Å². The number of carbonyl (C=O) groups is 1. The van der Waals surface area contributed by atoms with Gasteiger partial charge in [-0.3, -0.25) is 4.90 Å². The van der Waals surface area contributed by atoms with Gasteiger partial charge in [0.15, 0.2) is 21.2 Å². The number of urea groups is 1. The van der Waals surface area contributed by atoms with Gasteiger partial charge in [-0.1, -0.05) is 49.0 Å². The van der Waals surface area contributed by atoms with Crippen LogP contribution in [0.25, 0.3) is 16.8 Å². The monoisotopic (exact) mass is 557 g/mol. The van der Waals surface area contributed by atoms with Gasteiger partial charge in [0, 0.05) is 11.6 Å². The lowest BCUT2D eigenvalue weighted by Crippen LogP contribution is -2.43. The van der Waals surface area contributed by atoms with E-state index in [-0.39, 0.29) is 16.7 Å². The summed E-state index contributed by atoms with van der Waals surface area (Å²) >= 11 is 7.35. The molecule has 0 bridgehead atoms. The number of fused-ring (bicyclic) bond motifs is 2. The van der Waals surface area contributed by atoms with Crippen LogP contribution in [-0.4, -0.2) is 34.7 Å². The standard InChI is InChI=1S/C25H24ClN5O4S2/c1-4-30-21(14-36-25-28-19-12-18(37(33,34)5-2)10-11-20(19)35-25)29-23-22(30)15(3)27-24(32)31(23)13-16-6-8-17(26)9-7-16/h6-12H,3-5,13-14H2,1-2H3,(H,27,32). The molecule has 0 unspecified atom stereocenters. The molecule has 1 aliphatic rings. The Bertz CT molecular complexity index is 1630. The second kappa shape index (κ2) is 9.88. The fourth-order valence-electron chi connectivity index (χ4n) is 4.13. The van der Waals surface area contributed by atoms with Gasteiger partial charge in [0.05, 0.1) is 28.6 Å². The van der Waals surface area contributed by atoms with Crippen LogP contribution in [0.5, 0.6) is 0 Å². The molecule has 0 fully saturated rings. The predicted molar refractivity (Wildman–Crippen MR) is 144 cm³/mol. The third kappa shape index (κ3) is 4.86. The average Bonchev–Trinajstić information content (AvgIpc) is 3.46. The SMILES string of the molecule is C=C1NC(=O)N(Cc2ccc(Cl)cc2)c2nc(CSc3nc4cc(S(=O)(=O)CC)ccc4o3)n(CC)c21.